The number of furan rings is 1. The highest BCUT2D eigenvalue weighted by atomic mass is 35.5. The number of hydrogen-bond donors (Lipinski definition) is 1. The first kappa shape index (κ1) is 18.5. The molecule has 0 saturated heterocycles. The number of rotatable bonds is 4. The largest absolute Gasteiger partial charge is 0.478 e. The fraction of sp³-hybridized carbons (Fsp3) is 0. The van der Waals surface area contributed by atoms with Gasteiger partial charge in [0.05, 0.1) is 22.2 Å². The first-order chi connectivity index (χ1) is 14.1. The molecular weight excluding hydrogens is 386 g/mol. The van der Waals surface area contributed by atoms with Crippen molar-refractivity contribution >= 4 is 40.0 Å². The van der Waals surface area contributed by atoms with E-state index in [0.29, 0.717) is 22.7 Å². The van der Waals surface area contributed by atoms with Crippen molar-refractivity contribution in [3.63, 3.8) is 0 Å². The molecule has 4 nitrogen and oxygen atoms in total. The summed E-state index contributed by atoms with van der Waals surface area (Å²) in [6.45, 7) is 0. The summed E-state index contributed by atoms with van der Waals surface area (Å²) in [5.41, 5.74) is 2.01. The molecule has 0 unspecified atom stereocenters. The average Bonchev–Trinajstić information content (AvgIpc) is 3.20. The second-order valence-corrected chi connectivity index (χ2v) is 6.81. The number of halogens is 1. The molecule has 4 rings (SSSR count). The molecule has 1 aromatic heterocycles. The van der Waals surface area contributed by atoms with Gasteiger partial charge in [0.15, 0.2) is 0 Å². The number of carboxylic acid groups (broad SMARTS) is 1. The monoisotopic (exact) mass is 399 g/mol. The van der Waals surface area contributed by atoms with Crippen LogP contribution in [-0.2, 0) is 0 Å². The summed E-state index contributed by atoms with van der Waals surface area (Å²) in [7, 11) is 0. The van der Waals surface area contributed by atoms with Gasteiger partial charge in [-0.05, 0) is 41.1 Å². The fourth-order valence-electron chi connectivity index (χ4n) is 3.20. The Morgan fingerprint density at radius 1 is 1.00 bits per heavy atom. The first-order valence-electron chi connectivity index (χ1n) is 8.80. The number of hydrogen-bond acceptors (Lipinski definition) is 3. The molecule has 0 amide bonds. The standard InChI is InChI=1S/C24H14ClNO3/c25-22-13-16(8-10-21(22)24(27)28)23-11-9-18(29-23)12-17(14-26)20-7-3-5-15-4-1-2-6-19(15)20/h1-13H,(H,27,28)/b17-12+. The average molecular weight is 400 g/mol. The van der Waals surface area contributed by atoms with E-state index in [2.05, 4.69) is 6.07 Å². The molecule has 29 heavy (non-hydrogen) atoms. The molecule has 0 atom stereocenters. The summed E-state index contributed by atoms with van der Waals surface area (Å²) < 4.78 is 5.86. The summed E-state index contributed by atoms with van der Waals surface area (Å²) in [5.74, 6) is -0.0356. The summed E-state index contributed by atoms with van der Waals surface area (Å²) in [6.07, 6.45) is 1.69. The number of nitriles is 1. The third-order valence-corrected chi connectivity index (χ3v) is 4.91. The number of nitrogens with zero attached hydrogens (tertiary/aromatic N) is 1. The van der Waals surface area contributed by atoms with Crippen LogP contribution in [0.1, 0.15) is 21.7 Å². The van der Waals surface area contributed by atoms with E-state index in [1.807, 2.05) is 42.5 Å². The number of carbonyl (C=O) groups is 1. The molecule has 140 valence electrons. The number of allylic oxidation sites excluding steroid dienone is 1. The van der Waals surface area contributed by atoms with Gasteiger partial charge in [-0.3, -0.25) is 0 Å². The quantitative estimate of drug-likeness (QED) is 0.396. The minimum atomic E-state index is -1.08. The maximum Gasteiger partial charge on any atom is 0.337 e. The van der Waals surface area contributed by atoms with E-state index >= 15 is 0 Å². The summed E-state index contributed by atoms with van der Waals surface area (Å²) >= 11 is 6.05. The first-order valence-corrected chi connectivity index (χ1v) is 9.17. The molecule has 0 aliphatic heterocycles. The Kier molecular flexibility index (Phi) is 4.90. The van der Waals surface area contributed by atoms with E-state index in [1.165, 1.54) is 6.07 Å². The Morgan fingerprint density at radius 2 is 1.79 bits per heavy atom. The Bertz CT molecular complexity index is 1310. The van der Waals surface area contributed by atoms with Crippen LogP contribution >= 0.6 is 11.6 Å². The van der Waals surface area contributed by atoms with Gasteiger partial charge in [-0.2, -0.15) is 5.26 Å². The summed E-state index contributed by atoms with van der Waals surface area (Å²) in [5, 5.41) is 21.0. The molecule has 0 fully saturated rings. The van der Waals surface area contributed by atoms with Gasteiger partial charge in [0.2, 0.25) is 0 Å². The lowest BCUT2D eigenvalue weighted by Gasteiger charge is -2.05. The van der Waals surface area contributed by atoms with Crippen molar-refractivity contribution in [2.75, 3.05) is 0 Å². The second-order valence-electron chi connectivity index (χ2n) is 6.40. The predicted octanol–water partition coefficient (Wildman–Crippen LogP) is 6.52. The Morgan fingerprint density at radius 3 is 2.55 bits per heavy atom. The van der Waals surface area contributed by atoms with Gasteiger partial charge >= 0.3 is 5.97 Å². The van der Waals surface area contributed by atoms with Crippen molar-refractivity contribution in [2.45, 2.75) is 0 Å². The van der Waals surface area contributed by atoms with E-state index in [-0.39, 0.29) is 10.6 Å². The van der Waals surface area contributed by atoms with Gasteiger partial charge in [-0.15, -0.1) is 0 Å². The van der Waals surface area contributed by atoms with E-state index in [0.717, 1.165) is 16.3 Å². The highest BCUT2D eigenvalue weighted by molar-refractivity contribution is 6.33. The Balaban J connectivity index is 1.72. The van der Waals surface area contributed by atoms with Gasteiger partial charge in [0.25, 0.3) is 0 Å². The fourth-order valence-corrected chi connectivity index (χ4v) is 3.46. The van der Waals surface area contributed by atoms with Crippen LogP contribution in [0.2, 0.25) is 5.02 Å². The minimum Gasteiger partial charge on any atom is -0.478 e. The smallest absolute Gasteiger partial charge is 0.337 e. The van der Waals surface area contributed by atoms with Crippen LogP contribution in [0.5, 0.6) is 0 Å². The molecule has 0 aliphatic carbocycles. The van der Waals surface area contributed by atoms with Crippen LogP contribution in [-0.4, -0.2) is 11.1 Å². The molecule has 0 spiro atoms. The number of carboxylic acids is 1. The van der Waals surface area contributed by atoms with Gasteiger partial charge in [0, 0.05) is 11.1 Å². The molecule has 0 bridgehead atoms. The molecule has 3 aromatic carbocycles. The van der Waals surface area contributed by atoms with Gasteiger partial charge in [0.1, 0.15) is 11.5 Å². The molecule has 5 heteroatoms. The summed E-state index contributed by atoms with van der Waals surface area (Å²) in [4.78, 5) is 11.1. The molecule has 1 heterocycles. The van der Waals surface area contributed by atoms with Crippen molar-refractivity contribution in [2.24, 2.45) is 0 Å². The van der Waals surface area contributed by atoms with Crippen LogP contribution in [0.25, 0.3) is 33.7 Å². The SMILES string of the molecule is N#C/C(=C\c1ccc(-c2ccc(C(=O)O)c(Cl)c2)o1)c1cccc2ccccc12. The third kappa shape index (κ3) is 3.64. The maximum atomic E-state index is 11.1. The van der Waals surface area contributed by atoms with Crippen molar-refractivity contribution in [3.8, 4) is 17.4 Å². The maximum absolute atomic E-state index is 11.1. The number of benzene rings is 3. The highest BCUT2D eigenvalue weighted by Gasteiger charge is 2.12. The van der Waals surface area contributed by atoms with Crippen molar-refractivity contribution in [1.82, 2.24) is 0 Å². The zero-order valence-electron chi connectivity index (χ0n) is 15.1. The molecule has 1 N–H and O–H groups in total. The molecule has 0 radical (unpaired) electrons. The second kappa shape index (κ2) is 7.67. The van der Waals surface area contributed by atoms with Crippen molar-refractivity contribution < 1.29 is 14.3 Å². The third-order valence-electron chi connectivity index (χ3n) is 4.60. The molecule has 0 aliphatic rings. The van der Waals surface area contributed by atoms with E-state index < -0.39 is 5.97 Å². The van der Waals surface area contributed by atoms with Crippen LogP contribution < -0.4 is 0 Å². The Hall–Kier alpha value is -3.81. The summed E-state index contributed by atoms with van der Waals surface area (Å²) in [6, 6.07) is 24.1. The van der Waals surface area contributed by atoms with Gasteiger partial charge in [-0.25, -0.2) is 4.79 Å². The van der Waals surface area contributed by atoms with E-state index in [4.69, 9.17) is 21.1 Å². The normalized spacial score (nSPS) is 11.4. The molecule has 0 saturated carbocycles. The zero-order chi connectivity index (χ0) is 20.4. The number of aromatic carboxylic acids is 1. The topological polar surface area (TPSA) is 74.2 Å². The van der Waals surface area contributed by atoms with Crippen LogP contribution in [0, 0.1) is 11.3 Å². The molecular formula is C24H14ClNO3. The molecule has 4 aromatic rings. The van der Waals surface area contributed by atoms with Crippen LogP contribution in [0.3, 0.4) is 0 Å². The van der Waals surface area contributed by atoms with Gasteiger partial charge < -0.3 is 9.52 Å². The minimum absolute atomic E-state index is 0.0322. The van der Waals surface area contributed by atoms with Gasteiger partial charge in [-0.1, -0.05) is 60.1 Å². The van der Waals surface area contributed by atoms with E-state index in [9.17, 15) is 10.1 Å². The zero-order valence-corrected chi connectivity index (χ0v) is 15.9. The van der Waals surface area contributed by atoms with Crippen molar-refractivity contribution in [1.29, 1.82) is 5.26 Å². The highest BCUT2D eigenvalue weighted by Crippen LogP contribution is 2.30. The predicted molar refractivity (Wildman–Crippen MR) is 114 cm³/mol. The number of fused-ring (bicyclic) bond motifs is 1. The lowest BCUT2D eigenvalue weighted by molar-refractivity contribution is 0.0697. The Labute approximate surface area is 171 Å². The van der Waals surface area contributed by atoms with Crippen molar-refractivity contribution in [3.05, 3.63) is 94.7 Å². The lowest BCUT2D eigenvalue weighted by atomic mass is 9.98. The van der Waals surface area contributed by atoms with Crippen LogP contribution in [0.15, 0.2) is 77.2 Å². The van der Waals surface area contributed by atoms with E-state index in [1.54, 1.807) is 30.3 Å². The lowest BCUT2D eigenvalue weighted by Crippen LogP contribution is -1.96. The van der Waals surface area contributed by atoms with Crippen LogP contribution in [0.4, 0.5) is 0 Å².